The van der Waals surface area contributed by atoms with Crippen LogP contribution in [-0.4, -0.2) is 31.1 Å². The molecule has 2 atom stereocenters. The topological polar surface area (TPSA) is 29.3 Å². The van der Waals surface area contributed by atoms with E-state index < -0.39 is 0 Å². The van der Waals surface area contributed by atoms with Crippen molar-refractivity contribution in [3.63, 3.8) is 0 Å². The number of rotatable bonds is 5. The molecule has 0 aromatic carbocycles. The summed E-state index contributed by atoms with van der Waals surface area (Å²) in [7, 11) is 0. The second-order valence-corrected chi connectivity index (χ2v) is 4.35. The number of hydrogen-bond donors (Lipinski definition) is 1. The molecule has 0 radical (unpaired) electrons. The lowest BCUT2D eigenvalue weighted by molar-refractivity contribution is 0.224. The molecule has 1 aliphatic carbocycles. The first kappa shape index (κ1) is 11.0. The Balaban J connectivity index is 2.27. The lowest BCUT2D eigenvalue weighted by atomic mass is 9.97. The molecule has 2 heteroatoms. The van der Waals surface area contributed by atoms with Crippen LogP contribution in [0, 0.1) is 11.8 Å². The van der Waals surface area contributed by atoms with Gasteiger partial charge >= 0.3 is 0 Å². The van der Waals surface area contributed by atoms with Gasteiger partial charge in [-0.2, -0.15) is 0 Å². The largest absolute Gasteiger partial charge is 0.329 e. The fourth-order valence-electron chi connectivity index (χ4n) is 2.39. The SMILES string of the molecule is CCN(CCN)CC1CCCC1C. The van der Waals surface area contributed by atoms with Crippen molar-refractivity contribution in [3.8, 4) is 0 Å². The van der Waals surface area contributed by atoms with Crippen molar-refractivity contribution in [2.45, 2.75) is 33.1 Å². The molecule has 1 saturated carbocycles. The molecule has 1 aliphatic rings. The van der Waals surface area contributed by atoms with E-state index in [4.69, 9.17) is 5.73 Å². The Morgan fingerprint density at radius 2 is 2.15 bits per heavy atom. The van der Waals surface area contributed by atoms with E-state index in [2.05, 4.69) is 18.7 Å². The van der Waals surface area contributed by atoms with Crippen molar-refractivity contribution < 1.29 is 0 Å². The van der Waals surface area contributed by atoms with Gasteiger partial charge in [-0.15, -0.1) is 0 Å². The molecule has 0 aromatic rings. The van der Waals surface area contributed by atoms with Gasteiger partial charge in [-0.05, 0) is 24.8 Å². The third-order valence-electron chi connectivity index (χ3n) is 3.42. The van der Waals surface area contributed by atoms with E-state index in [1.807, 2.05) is 0 Å². The van der Waals surface area contributed by atoms with Crippen LogP contribution in [0.3, 0.4) is 0 Å². The minimum absolute atomic E-state index is 0.801. The highest BCUT2D eigenvalue weighted by Crippen LogP contribution is 2.31. The van der Waals surface area contributed by atoms with Gasteiger partial charge in [-0.25, -0.2) is 0 Å². The molecule has 1 rings (SSSR count). The standard InChI is InChI=1S/C11H24N2/c1-3-13(8-7-12)9-11-6-4-5-10(11)2/h10-11H,3-9,12H2,1-2H3. The van der Waals surface area contributed by atoms with Gasteiger partial charge in [0, 0.05) is 19.6 Å². The Labute approximate surface area is 82.5 Å². The van der Waals surface area contributed by atoms with E-state index in [0.717, 1.165) is 31.5 Å². The van der Waals surface area contributed by atoms with Gasteiger partial charge in [0.05, 0.1) is 0 Å². The summed E-state index contributed by atoms with van der Waals surface area (Å²) in [5, 5.41) is 0. The van der Waals surface area contributed by atoms with Crippen LogP contribution in [-0.2, 0) is 0 Å². The maximum absolute atomic E-state index is 5.57. The summed E-state index contributed by atoms with van der Waals surface area (Å²) in [5.74, 6) is 1.87. The first-order valence-electron chi connectivity index (χ1n) is 5.70. The van der Waals surface area contributed by atoms with Crippen LogP contribution < -0.4 is 5.73 Å². The summed E-state index contributed by atoms with van der Waals surface area (Å²) in [5.41, 5.74) is 5.57. The van der Waals surface area contributed by atoms with E-state index in [9.17, 15) is 0 Å². The maximum atomic E-state index is 5.57. The van der Waals surface area contributed by atoms with E-state index in [1.54, 1.807) is 0 Å². The molecule has 2 unspecified atom stereocenters. The summed E-state index contributed by atoms with van der Waals surface area (Å²) in [6, 6.07) is 0. The third kappa shape index (κ3) is 3.28. The van der Waals surface area contributed by atoms with Gasteiger partial charge in [-0.1, -0.05) is 26.7 Å². The smallest absolute Gasteiger partial charge is 0.0105 e. The summed E-state index contributed by atoms with van der Waals surface area (Å²) in [6.45, 7) is 8.92. The van der Waals surface area contributed by atoms with Crippen LogP contribution in [0.2, 0.25) is 0 Å². The molecule has 0 heterocycles. The predicted molar refractivity (Wildman–Crippen MR) is 57.7 cm³/mol. The number of hydrogen-bond acceptors (Lipinski definition) is 2. The second kappa shape index (κ2) is 5.61. The van der Waals surface area contributed by atoms with Crippen molar-refractivity contribution in [3.05, 3.63) is 0 Å². The van der Waals surface area contributed by atoms with Gasteiger partial charge < -0.3 is 10.6 Å². The minimum Gasteiger partial charge on any atom is -0.329 e. The lowest BCUT2D eigenvalue weighted by Gasteiger charge is -2.25. The Morgan fingerprint density at radius 1 is 1.38 bits per heavy atom. The van der Waals surface area contributed by atoms with Crippen LogP contribution in [0.15, 0.2) is 0 Å². The third-order valence-corrected chi connectivity index (χ3v) is 3.42. The van der Waals surface area contributed by atoms with Crippen LogP contribution in [0.1, 0.15) is 33.1 Å². The van der Waals surface area contributed by atoms with Gasteiger partial charge in [0.1, 0.15) is 0 Å². The van der Waals surface area contributed by atoms with Crippen molar-refractivity contribution in [1.82, 2.24) is 4.90 Å². The average Bonchev–Trinajstić information content (AvgIpc) is 2.51. The fourth-order valence-corrected chi connectivity index (χ4v) is 2.39. The quantitative estimate of drug-likeness (QED) is 0.704. The highest BCUT2D eigenvalue weighted by atomic mass is 15.1. The number of nitrogens with two attached hydrogens (primary N) is 1. The Morgan fingerprint density at radius 3 is 2.62 bits per heavy atom. The first-order valence-corrected chi connectivity index (χ1v) is 5.70. The van der Waals surface area contributed by atoms with Gasteiger partial charge in [-0.3, -0.25) is 0 Å². The minimum atomic E-state index is 0.801. The Kier molecular flexibility index (Phi) is 4.74. The van der Waals surface area contributed by atoms with E-state index in [0.29, 0.717) is 0 Å². The number of nitrogens with zero attached hydrogens (tertiary/aromatic N) is 1. The molecule has 2 nitrogen and oxygen atoms in total. The number of likely N-dealkylation sites (N-methyl/N-ethyl adjacent to an activating group) is 1. The summed E-state index contributed by atoms with van der Waals surface area (Å²) in [6.07, 6.45) is 4.30. The summed E-state index contributed by atoms with van der Waals surface area (Å²) >= 11 is 0. The molecule has 13 heavy (non-hydrogen) atoms. The van der Waals surface area contributed by atoms with Crippen LogP contribution in [0.4, 0.5) is 0 Å². The Bertz CT molecular complexity index is 136. The van der Waals surface area contributed by atoms with Crippen LogP contribution in [0.5, 0.6) is 0 Å². The molecular formula is C11H24N2. The molecule has 0 bridgehead atoms. The average molecular weight is 184 g/mol. The Hall–Kier alpha value is -0.0800. The zero-order chi connectivity index (χ0) is 9.68. The summed E-state index contributed by atoms with van der Waals surface area (Å²) < 4.78 is 0. The molecule has 2 N–H and O–H groups in total. The predicted octanol–water partition coefficient (Wildman–Crippen LogP) is 1.70. The summed E-state index contributed by atoms with van der Waals surface area (Å²) in [4.78, 5) is 2.49. The molecule has 0 aliphatic heterocycles. The van der Waals surface area contributed by atoms with Crippen molar-refractivity contribution in [2.75, 3.05) is 26.2 Å². The molecule has 0 saturated heterocycles. The monoisotopic (exact) mass is 184 g/mol. The first-order chi connectivity index (χ1) is 6.27. The highest BCUT2D eigenvalue weighted by Gasteiger charge is 2.24. The molecule has 1 fully saturated rings. The zero-order valence-electron chi connectivity index (χ0n) is 9.13. The lowest BCUT2D eigenvalue weighted by Crippen LogP contribution is -2.34. The molecular weight excluding hydrogens is 160 g/mol. The van der Waals surface area contributed by atoms with Crippen molar-refractivity contribution in [1.29, 1.82) is 0 Å². The van der Waals surface area contributed by atoms with E-state index >= 15 is 0 Å². The molecule has 0 aromatic heterocycles. The van der Waals surface area contributed by atoms with Gasteiger partial charge in [0.2, 0.25) is 0 Å². The zero-order valence-corrected chi connectivity index (χ0v) is 9.13. The fraction of sp³-hybridized carbons (Fsp3) is 1.00. The van der Waals surface area contributed by atoms with Crippen molar-refractivity contribution in [2.24, 2.45) is 17.6 Å². The van der Waals surface area contributed by atoms with Gasteiger partial charge in [0.15, 0.2) is 0 Å². The van der Waals surface area contributed by atoms with Crippen LogP contribution in [0.25, 0.3) is 0 Å². The highest BCUT2D eigenvalue weighted by molar-refractivity contribution is 4.77. The van der Waals surface area contributed by atoms with E-state index in [1.165, 1.54) is 25.8 Å². The molecule has 0 amide bonds. The molecule has 0 spiro atoms. The van der Waals surface area contributed by atoms with Gasteiger partial charge in [0.25, 0.3) is 0 Å². The maximum Gasteiger partial charge on any atom is 0.0105 e. The molecule has 78 valence electrons. The normalized spacial score (nSPS) is 28.6. The van der Waals surface area contributed by atoms with Crippen LogP contribution >= 0.6 is 0 Å². The van der Waals surface area contributed by atoms with E-state index in [-0.39, 0.29) is 0 Å². The van der Waals surface area contributed by atoms with Crippen molar-refractivity contribution >= 4 is 0 Å². The second-order valence-electron chi connectivity index (χ2n) is 4.35.